The monoisotopic (exact) mass is 362 g/mol. The molecule has 0 bridgehead atoms. The van der Waals surface area contributed by atoms with Crippen LogP contribution in [0.2, 0.25) is 0 Å². The van der Waals surface area contributed by atoms with Crippen molar-refractivity contribution >= 4 is 23.0 Å². The van der Waals surface area contributed by atoms with E-state index < -0.39 is 0 Å². The first-order chi connectivity index (χ1) is 12.7. The number of hydrogen-bond donors (Lipinski definition) is 1. The average Bonchev–Trinajstić information content (AvgIpc) is 3.26. The molecule has 0 radical (unpaired) electrons. The summed E-state index contributed by atoms with van der Waals surface area (Å²) in [5.41, 5.74) is 4.56. The van der Waals surface area contributed by atoms with E-state index in [2.05, 4.69) is 82.3 Å². The summed E-state index contributed by atoms with van der Waals surface area (Å²) in [6.07, 6.45) is 3.96. The van der Waals surface area contributed by atoms with Crippen molar-refractivity contribution in [2.24, 2.45) is 0 Å². The largest absolute Gasteiger partial charge is 0.351 e. The van der Waals surface area contributed by atoms with Crippen molar-refractivity contribution in [1.82, 2.24) is 14.9 Å². The van der Waals surface area contributed by atoms with Gasteiger partial charge in [-0.2, -0.15) is 0 Å². The van der Waals surface area contributed by atoms with Crippen LogP contribution in [0.1, 0.15) is 36.0 Å². The molecule has 1 aromatic carbocycles. The van der Waals surface area contributed by atoms with Crippen LogP contribution in [0.3, 0.4) is 0 Å². The van der Waals surface area contributed by atoms with Gasteiger partial charge in [0.15, 0.2) is 5.11 Å². The number of benzene rings is 1. The van der Waals surface area contributed by atoms with Gasteiger partial charge in [-0.05, 0) is 68.0 Å². The molecule has 0 amide bonds. The van der Waals surface area contributed by atoms with Crippen molar-refractivity contribution < 1.29 is 0 Å². The molecule has 2 aromatic heterocycles. The predicted octanol–water partition coefficient (Wildman–Crippen LogP) is 4.39. The fraction of sp³-hybridized carbons (Fsp3) is 0.238. The molecular weight excluding hydrogens is 340 g/mol. The molecule has 5 heteroatoms. The number of nitrogens with zero attached hydrogens (tertiary/aromatic N) is 3. The molecule has 0 spiro atoms. The number of pyridine rings is 1. The third-order valence-corrected chi connectivity index (χ3v) is 5.20. The lowest BCUT2D eigenvalue weighted by atomic mass is 10.0. The van der Waals surface area contributed by atoms with Crippen molar-refractivity contribution in [2.45, 2.75) is 32.5 Å². The molecule has 3 heterocycles. The van der Waals surface area contributed by atoms with Crippen molar-refractivity contribution in [3.8, 4) is 0 Å². The van der Waals surface area contributed by atoms with Crippen molar-refractivity contribution in [1.29, 1.82) is 0 Å². The van der Waals surface area contributed by atoms with E-state index in [1.165, 1.54) is 11.3 Å². The molecule has 0 saturated carbocycles. The van der Waals surface area contributed by atoms with E-state index in [1.54, 1.807) is 0 Å². The van der Waals surface area contributed by atoms with Crippen LogP contribution < -0.4 is 10.2 Å². The van der Waals surface area contributed by atoms with E-state index in [9.17, 15) is 0 Å². The van der Waals surface area contributed by atoms with Gasteiger partial charge in [-0.25, -0.2) is 0 Å². The van der Waals surface area contributed by atoms with Gasteiger partial charge in [0, 0.05) is 30.3 Å². The zero-order chi connectivity index (χ0) is 18.1. The summed E-state index contributed by atoms with van der Waals surface area (Å²) in [7, 11) is 0. The summed E-state index contributed by atoms with van der Waals surface area (Å²) < 4.78 is 2.28. The Bertz CT molecular complexity index is 919. The smallest absolute Gasteiger partial charge is 0.174 e. The number of anilines is 1. The molecule has 1 saturated heterocycles. The fourth-order valence-corrected chi connectivity index (χ4v) is 4.04. The first kappa shape index (κ1) is 16.8. The number of aryl methyl sites for hydroxylation is 2. The molecule has 1 fully saturated rings. The van der Waals surface area contributed by atoms with Crippen molar-refractivity contribution in [2.75, 3.05) is 4.90 Å². The lowest BCUT2D eigenvalue weighted by Gasteiger charge is -2.29. The van der Waals surface area contributed by atoms with E-state index in [-0.39, 0.29) is 12.1 Å². The second-order valence-corrected chi connectivity index (χ2v) is 6.94. The van der Waals surface area contributed by atoms with Gasteiger partial charge in [0.1, 0.15) is 6.04 Å². The number of aromatic nitrogens is 2. The second kappa shape index (κ2) is 6.92. The van der Waals surface area contributed by atoms with Crippen LogP contribution >= 0.6 is 12.2 Å². The minimum atomic E-state index is 0.00409. The minimum absolute atomic E-state index is 0.00409. The molecule has 0 unspecified atom stereocenters. The van der Waals surface area contributed by atoms with E-state index >= 15 is 0 Å². The van der Waals surface area contributed by atoms with Crippen LogP contribution in [0, 0.1) is 6.92 Å². The number of nitrogens with one attached hydrogen (secondary N) is 1. The molecule has 3 aromatic rings. The van der Waals surface area contributed by atoms with Crippen LogP contribution in [0.4, 0.5) is 5.69 Å². The number of hydrogen-bond acceptors (Lipinski definition) is 2. The molecule has 2 atom stereocenters. The summed E-state index contributed by atoms with van der Waals surface area (Å²) >= 11 is 5.75. The normalized spacial score (nSPS) is 19.6. The molecule has 1 aliphatic rings. The third-order valence-electron chi connectivity index (χ3n) is 4.89. The fourth-order valence-electron chi connectivity index (χ4n) is 3.70. The van der Waals surface area contributed by atoms with Crippen molar-refractivity contribution in [3.63, 3.8) is 0 Å². The summed E-state index contributed by atoms with van der Waals surface area (Å²) in [6.45, 7) is 5.19. The van der Waals surface area contributed by atoms with Gasteiger partial charge in [0.25, 0.3) is 0 Å². The molecule has 1 aliphatic heterocycles. The molecule has 132 valence electrons. The van der Waals surface area contributed by atoms with E-state index in [0.29, 0.717) is 0 Å². The van der Waals surface area contributed by atoms with Crippen LogP contribution in [-0.4, -0.2) is 14.7 Å². The Morgan fingerprint density at radius 3 is 2.73 bits per heavy atom. The Balaban J connectivity index is 1.85. The zero-order valence-corrected chi connectivity index (χ0v) is 15.8. The zero-order valence-electron chi connectivity index (χ0n) is 15.0. The number of rotatable bonds is 4. The topological polar surface area (TPSA) is 33.1 Å². The minimum Gasteiger partial charge on any atom is -0.351 e. The first-order valence-corrected chi connectivity index (χ1v) is 9.32. The maximum Gasteiger partial charge on any atom is 0.174 e. The molecule has 1 N–H and O–H groups in total. The van der Waals surface area contributed by atoms with Gasteiger partial charge in [-0.1, -0.05) is 18.2 Å². The van der Waals surface area contributed by atoms with Crippen LogP contribution in [0.15, 0.2) is 67.0 Å². The van der Waals surface area contributed by atoms with E-state index in [0.717, 1.165) is 23.0 Å². The predicted molar refractivity (Wildman–Crippen MR) is 109 cm³/mol. The number of thiocarbonyl (C=S) groups is 1. The Kier molecular flexibility index (Phi) is 4.47. The second-order valence-electron chi connectivity index (χ2n) is 6.55. The highest BCUT2D eigenvalue weighted by Crippen LogP contribution is 2.41. The quantitative estimate of drug-likeness (QED) is 0.698. The van der Waals surface area contributed by atoms with Gasteiger partial charge >= 0.3 is 0 Å². The van der Waals surface area contributed by atoms with Crippen LogP contribution in [-0.2, 0) is 6.54 Å². The lowest BCUT2D eigenvalue weighted by Crippen LogP contribution is -2.30. The highest BCUT2D eigenvalue weighted by atomic mass is 32.1. The standard InChI is InChI=1S/C21H22N4S/c1-3-24-13-7-11-18(24)20-19(17-10-4-5-12-22-17)23-21(26)25(20)16-9-6-8-15(2)14-16/h4-14,19-20H,3H2,1-2H3,(H,23,26)/t19-,20-/m0/s1. The van der Waals surface area contributed by atoms with Gasteiger partial charge in [-0.3, -0.25) is 4.98 Å². The van der Waals surface area contributed by atoms with Gasteiger partial charge in [0.05, 0.1) is 11.7 Å². The highest BCUT2D eigenvalue weighted by Gasteiger charge is 2.41. The summed E-state index contributed by atoms with van der Waals surface area (Å²) in [5, 5.41) is 4.25. The van der Waals surface area contributed by atoms with Gasteiger partial charge < -0.3 is 14.8 Å². The molecule has 0 aliphatic carbocycles. The molecule has 4 rings (SSSR count). The van der Waals surface area contributed by atoms with Crippen molar-refractivity contribution in [3.05, 3.63) is 83.9 Å². The maximum atomic E-state index is 5.75. The van der Waals surface area contributed by atoms with E-state index in [1.807, 2.05) is 18.3 Å². The summed E-state index contributed by atoms with van der Waals surface area (Å²) in [5.74, 6) is 0. The van der Waals surface area contributed by atoms with Crippen LogP contribution in [0.5, 0.6) is 0 Å². The van der Waals surface area contributed by atoms with Crippen LogP contribution in [0.25, 0.3) is 0 Å². The first-order valence-electron chi connectivity index (χ1n) is 8.91. The molecule has 4 nitrogen and oxygen atoms in total. The Labute approximate surface area is 159 Å². The molecule has 26 heavy (non-hydrogen) atoms. The average molecular weight is 363 g/mol. The third kappa shape index (κ3) is 2.88. The summed E-state index contributed by atoms with van der Waals surface area (Å²) in [6, 6.07) is 18.9. The molecular formula is C21H22N4S. The Morgan fingerprint density at radius 2 is 2.00 bits per heavy atom. The van der Waals surface area contributed by atoms with Gasteiger partial charge in [0.2, 0.25) is 0 Å². The summed E-state index contributed by atoms with van der Waals surface area (Å²) in [4.78, 5) is 6.82. The SMILES string of the molecule is CCn1cccc1[C@H]1[C@H](c2ccccn2)NC(=S)N1c1cccc(C)c1. The van der Waals surface area contributed by atoms with Gasteiger partial charge in [-0.15, -0.1) is 0 Å². The van der Waals surface area contributed by atoms with E-state index in [4.69, 9.17) is 12.2 Å². The highest BCUT2D eigenvalue weighted by molar-refractivity contribution is 7.80. The Morgan fingerprint density at radius 1 is 1.12 bits per heavy atom. The Hall–Kier alpha value is -2.66. The lowest BCUT2D eigenvalue weighted by molar-refractivity contribution is 0.529. The maximum absolute atomic E-state index is 5.75.